The fraction of sp³-hybridized carbons (Fsp3) is 0.227. The molecule has 28 heavy (non-hydrogen) atoms. The molecule has 1 fully saturated rings. The molecule has 1 unspecified atom stereocenters. The molecule has 3 aromatic rings. The molecule has 0 saturated carbocycles. The first-order chi connectivity index (χ1) is 13.7. The lowest BCUT2D eigenvalue weighted by atomic mass is 10.1. The number of ether oxygens (including phenoxy) is 2. The molecule has 0 amide bonds. The third kappa shape index (κ3) is 4.38. The quantitative estimate of drug-likeness (QED) is 0.655. The lowest BCUT2D eigenvalue weighted by Gasteiger charge is -2.22. The fourth-order valence-corrected chi connectivity index (χ4v) is 3.54. The number of benzene rings is 2. The van der Waals surface area contributed by atoms with E-state index in [1.165, 1.54) is 0 Å². The van der Waals surface area contributed by atoms with E-state index in [4.69, 9.17) is 21.1 Å². The zero-order valence-electron chi connectivity index (χ0n) is 15.3. The molecule has 1 aromatic heterocycles. The van der Waals surface area contributed by atoms with Crippen molar-refractivity contribution in [3.63, 3.8) is 0 Å². The number of halogens is 1. The number of anilines is 1. The van der Waals surface area contributed by atoms with Crippen molar-refractivity contribution >= 4 is 17.3 Å². The van der Waals surface area contributed by atoms with Gasteiger partial charge < -0.3 is 19.5 Å². The van der Waals surface area contributed by atoms with Gasteiger partial charge in [0.25, 0.3) is 0 Å². The fourth-order valence-electron chi connectivity index (χ4n) is 3.36. The summed E-state index contributed by atoms with van der Waals surface area (Å²) in [6.07, 6.45) is 2.70. The van der Waals surface area contributed by atoms with Gasteiger partial charge in [-0.15, -0.1) is 0 Å². The van der Waals surface area contributed by atoms with Gasteiger partial charge in [0.15, 0.2) is 0 Å². The Balaban J connectivity index is 1.46. The number of aliphatic hydroxyl groups is 1. The maximum atomic E-state index is 9.87. The highest BCUT2D eigenvalue weighted by Gasteiger charge is 2.26. The Morgan fingerprint density at radius 3 is 2.75 bits per heavy atom. The maximum Gasteiger partial charge on any atom is 0.213 e. The van der Waals surface area contributed by atoms with Crippen LogP contribution in [0.2, 0.25) is 5.02 Å². The third-order valence-corrected chi connectivity index (χ3v) is 4.90. The second-order valence-electron chi connectivity index (χ2n) is 6.65. The molecule has 1 aliphatic heterocycles. The van der Waals surface area contributed by atoms with Gasteiger partial charge in [0.2, 0.25) is 5.88 Å². The summed E-state index contributed by atoms with van der Waals surface area (Å²) in [6, 6.07) is 18.6. The highest BCUT2D eigenvalue weighted by atomic mass is 35.5. The van der Waals surface area contributed by atoms with E-state index >= 15 is 0 Å². The number of hydrogen-bond acceptors (Lipinski definition) is 5. The van der Waals surface area contributed by atoms with Crippen LogP contribution >= 0.6 is 11.6 Å². The van der Waals surface area contributed by atoms with E-state index < -0.39 is 0 Å². The van der Waals surface area contributed by atoms with Crippen LogP contribution in [-0.2, 0) is 6.61 Å². The normalized spacial score (nSPS) is 16.2. The largest absolute Gasteiger partial charge is 0.472 e. The van der Waals surface area contributed by atoms with E-state index in [-0.39, 0.29) is 12.7 Å². The van der Waals surface area contributed by atoms with Crippen LogP contribution in [-0.4, -0.2) is 29.3 Å². The molecule has 6 heteroatoms. The summed E-state index contributed by atoms with van der Waals surface area (Å²) in [5.41, 5.74) is 1.81. The van der Waals surface area contributed by atoms with E-state index in [1.807, 2.05) is 48.5 Å². The van der Waals surface area contributed by atoms with Crippen LogP contribution < -0.4 is 14.4 Å². The molecule has 0 radical (unpaired) electrons. The molecule has 144 valence electrons. The summed E-state index contributed by atoms with van der Waals surface area (Å²) in [5, 5.41) is 10.5. The van der Waals surface area contributed by atoms with Gasteiger partial charge in [-0.1, -0.05) is 23.7 Å². The number of rotatable bonds is 6. The number of pyridine rings is 1. The zero-order valence-corrected chi connectivity index (χ0v) is 16.0. The smallest absolute Gasteiger partial charge is 0.213 e. The summed E-state index contributed by atoms with van der Waals surface area (Å²) in [5.74, 6) is 1.96. The molecule has 4 rings (SSSR count). The van der Waals surface area contributed by atoms with Gasteiger partial charge >= 0.3 is 0 Å². The Morgan fingerprint density at radius 2 is 1.96 bits per heavy atom. The highest BCUT2D eigenvalue weighted by Crippen LogP contribution is 2.32. The van der Waals surface area contributed by atoms with Gasteiger partial charge in [-0.3, -0.25) is 0 Å². The van der Waals surface area contributed by atoms with Crippen LogP contribution in [0.25, 0.3) is 0 Å². The minimum atomic E-state index is -0.0651. The lowest BCUT2D eigenvalue weighted by Crippen LogP contribution is -2.25. The van der Waals surface area contributed by atoms with E-state index in [2.05, 4.69) is 9.88 Å². The van der Waals surface area contributed by atoms with Crippen LogP contribution in [0, 0.1) is 0 Å². The Morgan fingerprint density at radius 1 is 1.07 bits per heavy atom. The number of aliphatic hydroxyl groups excluding tert-OH is 1. The molecular weight excluding hydrogens is 376 g/mol. The summed E-state index contributed by atoms with van der Waals surface area (Å²) >= 11 is 6.01. The summed E-state index contributed by atoms with van der Waals surface area (Å²) in [7, 11) is 0. The first-order valence-electron chi connectivity index (χ1n) is 9.21. The van der Waals surface area contributed by atoms with Gasteiger partial charge in [-0.05, 0) is 42.5 Å². The van der Waals surface area contributed by atoms with Gasteiger partial charge in [-0.2, -0.15) is 0 Å². The van der Waals surface area contributed by atoms with Gasteiger partial charge in [0.1, 0.15) is 17.6 Å². The van der Waals surface area contributed by atoms with E-state index in [0.717, 1.165) is 30.8 Å². The first kappa shape index (κ1) is 18.6. The lowest BCUT2D eigenvalue weighted by molar-refractivity contribution is 0.216. The first-order valence-corrected chi connectivity index (χ1v) is 9.59. The number of hydrogen-bond donors (Lipinski definition) is 1. The van der Waals surface area contributed by atoms with Gasteiger partial charge in [0.05, 0.1) is 13.2 Å². The molecule has 1 aliphatic rings. The van der Waals surface area contributed by atoms with Crippen molar-refractivity contribution in [1.82, 2.24) is 4.98 Å². The van der Waals surface area contributed by atoms with Crippen LogP contribution in [0.1, 0.15) is 12.0 Å². The van der Waals surface area contributed by atoms with Crippen molar-refractivity contribution in [2.75, 3.05) is 18.0 Å². The second-order valence-corrected chi connectivity index (χ2v) is 7.09. The molecule has 0 aliphatic carbocycles. The summed E-state index contributed by atoms with van der Waals surface area (Å²) in [4.78, 5) is 6.45. The SMILES string of the molecule is OCc1cc(Oc2cccc(Cl)c2)ccc1N1CCC(Oc2ccccn2)C1. The molecule has 0 bridgehead atoms. The van der Waals surface area contributed by atoms with Crippen molar-refractivity contribution in [3.8, 4) is 17.4 Å². The maximum absolute atomic E-state index is 9.87. The minimum Gasteiger partial charge on any atom is -0.472 e. The number of aromatic nitrogens is 1. The molecule has 5 nitrogen and oxygen atoms in total. The van der Waals surface area contributed by atoms with Gasteiger partial charge in [0, 0.05) is 41.5 Å². The summed E-state index contributed by atoms with van der Waals surface area (Å²) < 4.78 is 11.8. The standard InChI is InChI=1S/C22H21ClN2O3/c23-17-4-3-5-18(13-17)27-19-7-8-21(16(12-19)15-26)25-11-9-20(14-25)28-22-6-1-2-10-24-22/h1-8,10,12-13,20,26H,9,11,14-15H2. The Hall–Kier alpha value is -2.76. The molecule has 1 atom stereocenters. The molecule has 1 N–H and O–H groups in total. The minimum absolute atomic E-state index is 0.0651. The van der Waals surface area contributed by atoms with E-state index in [9.17, 15) is 5.11 Å². The Bertz CT molecular complexity index is 936. The van der Waals surface area contributed by atoms with Crippen molar-refractivity contribution in [1.29, 1.82) is 0 Å². The molecular formula is C22H21ClN2O3. The topological polar surface area (TPSA) is 54.8 Å². The molecule has 1 saturated heterocycles. The predicted molar refractivity (Wildman–Crippen MR) is 109 cm³/mol. The van der Waals surface area contributed by atoms with Crippen molar-refractivity contribution in [2.45, 2.75) is 19.1 Å². The average Bonchev–Trinajstić information content (AvgIpc) is 3.17. The summed E-state index contributed by atoms with van der Waals surface area (Å²) in [6.45, 7) is 1.54. The van der Waals surface area contributed by atoms with Crippen molar-refractivity contribution < 1.29 is 14.6 Å². The Kier molecular flexibility index (Phi) is 5.65. The average molecular weight is 397 g/mol. The molecule has 2 aromatic carbocycles. The monoisotopic (exact) mass is 396 g/mol. The molecule has 0 spiro atoms. The predicted octanol–water partition coefficient (Wildman–Crippen LogP) is 4.68. The van der Waals surface area contributed by atoms with Crippen LogP contribution in [0.15, 0.2) is 66.9 Å². The highest BCUT2D eigenvalue weighted by molar-refractivity contribution is 6.30. The zero-order chi connectivity index (χ0) is 19.3. The molecule has 2 heterocycles. The van der Waals surface area contributed by atoms with Crippen LogP contribution in [0.5, 0.6) is 17.4 Å². The van der Waals surface area contributed by atoms with Crippen LogP contribution in [0.3, 0.4) is 0 Å². The van der Waals surface area contributed by atoms with E-state index in [1.54, 1.807) is 18.3 Å². The van der Waals surface area contributed by atoms with Gasteiger partial charge in [-0.25, -0.2) is 4.98 Å². The van der Waals surface area contributed by atoms with Crippen molar-refractivity contribution in [3.05, 3.63) is 77.4 Å². The van der Waals surface area contributed by atoms with Crippen molar-refractivity contribution in [2.24, 2.45) is 0 Å². The Labute approximate surface area is 169 Å². The third-order valence-electron chi connectivity index (χ3n) is 4.66. The number of nitrogens with zero attached hydrogens (tertiary/aromatic N) is 2. The second kappa shape index (κ2) is 8.50. The van der Waals surface area contributed by atoms with Crippen LogP contribution in [0.4, 0.5) is 5.69 Å². The van der Waals surface area contributed by atoms with E-state index in [0.29, 0.717) is 22.4 Å².